The number of nitrogens with one attached hydrogen (secondary N) is 1. The van der Waals surface area contributed by atoms with Crippen LogP contribution in [0.15, 0.2) is 5.16 Å². The quantitative estimate of drug-likeness (QED) is 0.303. The molecule has 4 N–H and O–H groups in total. The molecule has 5 heteroatoms. The number of carbonyl (C=O) groups excluding carboxylic acids is 1. The van der Waals surface area contributed by atoms with Crippen molar-refractivity contribution in [3.63, 3.8) is 0 Å². The summed E-state index contributed by atoms with van der Waals surface area (Å²) in [5, 5.41) is 15.1. The number of hydrogen-bond acceptors (Lipinski definition) is 3. The Kier molecular flexibility index (Phi) is 6.30. The molecule has 1 unspecified atom stereocenters. The van der Waals surface area contributed by atoms with Gasteiger partial charge >= 0.3 is 0 Å². The first-order valence-electron chi connectivity index (χ1n) is 7.80. The average molecular weight is 283 g/mol. The molecular weight excluding hydrogens is 254 g/mol. The highest BCUT2D eigenvalue weighted by molar-refractivity contribution is 6.06. The van der Waals surface area contributed by atoms with Crippen molar-refractivity contribution in [2.75, 3.05) is 0 Å². The van der Waals surface area contributed by atoms with Crippen molar-refractivity contribution in [3.8, 4) is 0 Å². The lowest BCUT2D eigenvalue weighted by Crippen LogP contribution is -2.52. The highest BCUT2D eigenvalue weighted by Crippen LogP contribution is 2.30. The summed E-state index contributed by atoms with van der Waals surface area (Å²) in [6.45, 7) is 5.86. The molecule has 1 saturated carbocycles. The van der Waals surface area contributed by atoms with Crippen LogP contribution in [0.1, 0.15) is 65.7 Å². The summed E-state index contributed by atoms with van der Waals surface area (Å²) in [5.74, 6) is 0.443. The lowest BCUT2D eigenvalue weighted by atomic mass is 9.79. The number of nitrogens with zero attached hydrogens (tertiary/aromatic N) is 1. The largest absolute Gasteiger partial charge is 0.409 e. The molecule has 0 heterocycles. The van der Waals surface area contributed by atoms with Crippen LogP contribution in [0.5, 0.6) is 0 Å². The smallest absolute Gasteiger partial charge is 0.234 e. The second-order valence-electron chi connectivity index (χ2n) is 5.93. The van der Waals surface area contributed by atoms with Gasteiger partial charge in [-0.25, -0.2) is 0 Å². The molecule has 1 rings (SSSR count). The number of hydrogen-bond donors (Lipinski definition) is 3. The second kappa shape index (κ2) is 7.50. The Balaban J connectivity index is 2.75. The van der Waals surface area contributed by atoms with Crippen molar-refractivity contribution in [1.29, 1.82) is 0 Å². The van der Waals surface area contributed by atoms with Gasteiger partial charge in [0.1, 0.15) is 5.41 Å². The van der Waals surface area contributed by atoms with E-state index in [0.29, 0.717) is 18.8 Å². The molecule has 20 heavy (non-hydrogen) atoms. The van der Waals surface area contributed by atoms with Gasteiger partial charge in [-0.05, 0) is 38.5 Å². The number of oxime groups is 1. The van der Waals surface area contributed by atoms with Gasteiger partial charge in [0.2, 0.25) is 5.91 Å². The fraction of sp³-hybridized carbons (Fsp3) is 0.867. The van der Waals surface area contributed by atoms with Crippen LogP contribution in [-0.4, -0.2) is 23.0 Å². The van der Waals surface area contributed by atoms with Crippen molar-refractivity contribution in [2.45, 2.75) is 71.8 Å². The molecule has 0 radical (unpaired) electrons. The Bertz CT molecular complexity index is 345. The highest BCUT2D eigenvalue weighted by atomic mass is 16.4. The summed E-state index contributed by atoms with van der Waals surface area (Å²) in [4.78, 5) is 12.6. The SMILES string of the molecule is CCC(CC)(C(=O)NC(C)C1CCCCC1)C(N)=NO. The molecule has 0 spiro atoms. The second-order valence-corrected chi connectivity index (χ2v) is 5.93. The van der Waals surface area contributed by atoms with E-state index in [1.54, 1.807) is 0 Å². The van der Waals surface area contributed by atoms with Gasteiger partial charge in [-0.2, -0.15) is 0 Å². The minimum atomic E-state index is -0.891. The fourth-order valence-electron chi connectivity index (χ4n) is 3.24. The first kappa shape index (κ1) is 16.8. The van der Waals surface area contributed by atoms with E-state index in [4.69, 9.17) is 10.9 Å². The first-order chi connectivity index (χ1) is 9.51. The van der Waals surface area contributed by atoms with Gasteiger partial charge in [0.05, 0.1) is 0 Å². The molecule has 1 aliphatic rings. The van der Waals surface area contributed by atoms with Crippen molar-refractivity contribution < 1.29 is 10.0 Å². The minimum Gasteiger partial charge on any atom is -0.409 e. The van der Waals surface area contributed by atoms with Crippen LogP contribution in [-0.2, 0) is 4.79 Å². The number of rotatable bonds is 6. The molecule has 1 atom stereocenters. The number of carbonyl (C=O) groups is 1. The Morgan fingerprint density at radius 3 is 2.35 bits per heavy atom. The van der Waals surface area contributed by atoms with Gasteiger partial charge in [-0.15, -0.1) is 0 Å². The van der Waals surface area contributed by atoms with Gasteiger partial charge in [0.15, 0.2) is 5.84 Å². The van der Waals surface area contributed by atoms with Crippen LogP contribution in [0.2, 0.25) is 0 Å². The molecule has 0 aliphatic heterocycles. The molecule has 1 fully saturated rings. The van der Waals surface area contributed by atoms with Crippen LogP contribution in [0, 0.1) is 11.3 Å². The average Bonchev–Trinajstić information content (AvgIpc) is 2.49. The van der Waals surface area contributed by atoms with Crippen LogP contribution in [0.25, 0.3) is 0 Å². The minimum absolute atomic E-state index is 0.0100. The molecule has 116 valence electrons. The monoisotopic (exact) mass is 283 g/mol. The predicted octanol–water partition coefficient (Wildman–Crippen LogP) is 2.62. The van der Waals surface area contributed by atoms with Crippen LogP contribution in [0.4, 0.5) is 0 Å². The van der Waals surface area contributed by atoms with E-state index < -0.39 is 5.41 Å². The van der Waals surface area contributed by atoms with Crippen molar-refractivity contribution >= 4 is 11.7 Å². The zero-order valence-corrected chi connectivity index (χ0v) is 13.0. The maximum absolute atomic E-state index is 12.6. The maximum atomic E-state index is 12.6. The Morgan fingerprint density at radius 1 is 1.35 bits per heavy atom. The van der Waals surface area contributed by atoms with Gasteiger partial charge in [0.25, 0.3) is 0 Å². The summed E-state index contributed by atoms with van der Waals surface area (Å²) in [6, 6.07) is 0.145. The molecular formula is C15H29N3O2. The van der Waals surface area contributed by atoms with Gasteiger partial charge in [-0.3, -0.25) is 4.79 Å². The normalized spacial score (nSPS) is 19.6. The number of amidine groups is 1. The standard InChI is InChI=1S/C15H29N3O2/c1-4-15(5-2,13(16)18-20)14(19)17-11(3)12-9-7-6-8-10-12/h11-12,20H,4-10H2,1-3H3,(H2,16,18)(H,17,19). The predicted molar refractivity (Wildman–Crippen MR) is 80.6 cm³/mol. The molecule has 1 amide bonds. The molecule has 5 nitrogen and oxygen atoms in total. The molecule has 0 aromatic rings. The summed E-state index contributed by atoms with van der Waals surface area (Å²) >= 11 is 0. The van der Waals surface area contributed by atoms with E-state index in [2.05, 4.69) is 17.4 Å². The molecule has 0 bridgehead atoms. The van der Waals surface area contributed by atoms with Crippen LogP contribution < -0.4 is 11.1 Å². The molecule has 0 aromatic heterocycles. The van der Waals surface area contributed by atoms with Gasteiger partial charge in [-0.1, -0.05) is 38.3 Å². The molecule has 0 aromatic carbocycles. The topological polar surface area (TPSA) is 87.7 Å². The summed E-state index contributed by atoms with van der Waals surface area (Å²) in [7, 11) is 0. The lowest BCUT2D eigenvalue weighted by molar-refractivity contribution is -0.129. The maximum Gasteiger partial charge on any atom is 0.234 e. The van der Waals surface area contributed by atoms with E-state index in [1.165, 1.54) is 32.1 Å². The van der Waals surface area contributed by atoms with E-state index in [-0.39, 0.29) is 17.8 Å². The van der Waals surface area contributed by atoms with Crippen molar-refractivity contribution in [2.24, 2.45) is 22.2 Å². The summed E-state index contributed by atoms with van der Waals surface area (Å²) in [6.07, 6.45) is 7.21. The Hall–Kier alpha value is -1.26. The third-order valence-corrected chi connectivity index (χ3v) is 4.96. The van der Waals surface area contributed by atoms with E-state index in [1.807, 2.05) is 13.8 Å². The first-order valence-corrected chi connectivity index (χ1v) is 7.80. The van der Waals surface area contributed by atoms with E-state index >= 15 is 0 Å². The van der Waals surface area contributed by atoms with Crippen molar-refractivity contribution in [1.82, 2.24) is 5.32 Å². The Morgan fingerprint density at radius 2 is 1.90 bits per heavy atom. The zero-order chi connectivity index (χ0) is 15.2. The third kappa shape index (κ3) is 3.44. The number of nitrogens with two attached hydrogens (primary N) is 1. The Labute approximate surface area is 122 Å². The summed E-state index contributed by atoms with van der Waals surface area (Å²) < 4.78 is 0. The van der Waals surface area contributed by atoms with Gasteiger partial charge in [0, 0.05) is 6.04 Å². The van der Waals surface area contributed by atoms with Crippen LogP contribution in [0.3, 0.4) is 0 Å². The van der Waals surface area contributed by atoms with E-state index in [0.717, 1.165) is 0 Å². The molecule has 1 aliphatic carbocycles. The highest BCUT2D eigenvalue weighted by Gasteiger charge is 2.40. The number of amides is 1. The zero-order valence-electron chi connectivity index (χ0n) is 13.0. The van der Waals surface area contributed by atoms with Crippen molar-refractivity contribution in [3.05, 3.63) is 0 Å². The third-order valence-electron chi connectivity index (χ3n) is 4.96. The van der Waals surface area contributed by atoms with Crippen LogP contribution >= 0.6 is 0 Å². The summed E-state index contributed by atoms with van der Waals surface area (Å²) in [5.41, 5.74) is 4.88. The van der Waals surface area contributed by atoms with Gasteiger partial charge < -0.3 is 16.3 Å². The van der Waals surface area contributed by atoms with E-state index in [9.17, 15) is 4.79 Å². The fourth-order valence-corrected chi connectivity index (χ4v) is 3.24. The lowest BCUT2D eigenvalue weighted by Gasteiger charge is -2.33. The molecule has 0 saturated heterocycles.